The van der Waals surface area contributed by atoms with Crippen molar-refractivity contribution in [2.75, 3.05) is 6.54 Å². The van der Waals surface area contributed by atoms with E-state index in [1.54, 1.807) is 46.0 Å². The van der Waals surface area contributed by atoms with Crippen LogP contribution in [0.25, 0.3) is 23.0 Å². The Morgan fingerprint density at radius 3 is 2.64 bits per heavy atom. The fourth-order valence-electron chi connectivity index (χ4n) is 3.44. The van der Waals surface area contributed by atoms with Gasteiger partial charge in [-0.15, -0.1) is 0 Å². The lowest BCUT2D eigenvalue weighted by Crippen LogP contribution is -2.23. The molecule has 0 saturated carbocycles. The van der Waals surface area contributed by atoms with Crippen molar-refractivity contribution in [2.45, 2.75) is 19.4 Å². The van der Waals surface area contributed by atoms with Crippen LogP contribution < -0.4 is 10.9 Å². The summed E-state index contributed by atoms with van der Waals surface area (Å²) in [6, 6.07) is 18.7. The predicted octanol–water partition coefficient (Wildman–Crippen LogP) is 3.71. The van der Waals surface area contributed by atoms with Crippen LogP contribution >= 0.6 is 0 Å². The van der Waals surface area contributed by atoms with E-state index in [-0.39, 0.29) is 11.5 Å². The second-order valence-electron chi connectivity index (χ2n) is 7.52. The van der Waals surface area contributed by atoms with Gasteiger partial charge in [-0.25, -0.2) is 4.68 Å². The number of para-hydroxylation sites is 1. The summed E-state index contributed by atoms with van der Waals surface area (Å²) in [4.78, 5) is 28.2. The molecule has 3 heterocycles. The molecule has 0 aliphatic heterocycles. The Morgan fingerprint density at radius 2 is 1.85 bits per heavy atom. The number of benzene rings is 1. The van der Waals surface area contributed by atoms with E-state index >= 15 is 0 Å². The van der Waals surface area contributed by atoms with Crippen LogP contribution in [0.3, 0.4) is 0 Å². The zero-order valence-electron chi connectivity index (χ0n) is 18.2. The van der Waals surface area contributed by atoms with E-state index in [9.17, 15) is 9.59 Å². The normalized spacial score (nSPS) is 11.0. The highest BCUT2D eigenvalue weighted by Gasteiger charge is 2.11. The quantitative estimate of drug-likeness (QED) is 0.318. The Labute approximate surface area is 192 Å². The van der Waals surface area contributed by atoms with Crippen LogP contribution in [0.2, 0.25) is 0 Å². The van der Waals surface area contributed by atoms with Gasteiger partial charge in [-0.3, -0.25) is 14.6 Å². The number of carbonyl (C=O) groups excluding carboxylic acids is 1. The molecule has 0 aliphatic carbocycles. The Kier molecular flexibility index (Phi) is 7.22. The fourth-order valence-corrected chi connectivity index (χ4v) is 3.44. The highest BCUT2D eigenvalue weighted by Crippen LogP contribution is 2.24. The molecule has 4 aromatic rings. The standard InChI is InChI=1S/C26H25N5O2/c32-24(28-16-5-7-18-30-17-6-4-12-25(30)33)14-13-22-20-31(23-10-2-1-3-11-23)29-26(22)21-9-8-15-27-19-21/h1-4,6,8-15,17,19-20H,5,7,16,18H2,(H,28,32). The van der Waals surface area contributed by atoms with Crippen LogP contribution in [0.15, 0.2) is 96.3 Å². The molecule has 7 nitrogen and oxygen atoms in total. The summed E-state index contributed by atoms with van der Waals surface area (Å²) in [7, 11) is 0. The summed E-state index contributed by atoms with van der Waals surface area (Å²) in [5.41, 5.74) is 3.38. The number of nitrogens with zero attached hydrogens (tertiary/aromatic N) is 4. The van der Waals surface area contributed by atoms with Crippen LogP contribution in [-0.4, -0.2) is 31.8 Å². The molecule has 1 N–H and O–H groups in total. The number of rotatable bonds is 9. The summed E-state index contributed by atoms with van der Waals surface area (Å²) in [5.74, 6) is -0.170. The number of aryl methyl sites for hydroxylation is 1. The van der Waals surface area contributed by atoms with Crippen molar-refractivity contribution in [3.05, 3.63) is 107 Å². The van der Waals surface area contributed by atoms with Crippen LogP contribution in [0.4, 0.5) is 0 Å². The molecule has 0 spiro atoms. The number of hydrogen-bond acceptors (Lipinski definition) is 4. The van der Waals surface area contributed by atoms with E-state index in [4.69, 9.17) is 5.10 Å². The summed E-state index contributed by atoms with van der Waals surface area (Å²) >= 11 is 0. The maximum atomic E-state index is 12.3. The predicted molar refractivity (Wildman–Crippen MR) is 129 cm³/mol. The average molecular weight is 440 g/mol. The third-order valence-electron chi connectivity index (χ3n) is 5.14. The van der Waals surface area contributed by atoms with Crippen LogP contribution in [0, 0.1) is 0 Å². The number of hydrogen-bond donors (Lipinski definition) is 1. The lowest BCUT2D eigenvalue weighted by molar-refractivity contribution is -0.116. The van der Waals surface area contributed by atoms with Gasteiger partial charge in [0.25, 0.3) is 0 Å². The van der Waals surface area contributed by atoms with E-state index in [2.05, 4.69) is 10.3 Å². The summed E-state index contributed by atoms with van der Waals surface area (Å²) in [6.45, 7) is 1.18. The van der Waals surface area contributed by atoms with E-state index in [1.807, 2.05) is 54.7 Å². The minimum atomic E-state index is -0.170. The summed E-state index contributed by atoms with van der Waals surface area (Å²) < 4.78 is 3.47. The lowest BCUT2D eigenvalue weighted by atomic mass is 10.1. The minimum Gasteiger partial charge on any atom is -0.353 e. The highest BCUT2D eigenvalue weighted by molar-refractivity contribution is 5.92. The largest absolute Gasteiger partial charge is 0.353 e. The van der Waals surface area contributed by atoms with E-state index < -0.39 is 0 Å². The van der Waals surface area contributed by atoms with E-state index in [0.29, 0.717) is 13.1 Å². The topological polar surface area (TPSA) is 81.8 Å². The Hall–Kier alpha value is -4.26. The molecule has 0 fully saturated rings. The van der Waals surface area contributed by atoms with Gasteiger partial charge < -0.3 is 9.88 Å². The average Bonchev–Trinajstić information content (AvgIpc) is 3.29. The van der Waals surface area contributed by atoms with Gasteiger partial charge in [-0.2, -0.15) is 5.10 Å². The van der Waals surface area contributed by atoms with Gasteiger partial charge in [0.05, 0.1) is 5.69 Å². The van der Waals surface area contributed by atoms with Crippen molar-refractivity contribution in [3.8, 4) is 16.9 Å². The number of aromatic nitrogens is 4. The Morgan fingerprint density at radius 1 is 1.00 bits per heavy atom. The van der Waals surface area contributed by atoms with Crippen molar-refractivity contribution < 1.29 is 4.79 Å². The highest BCUT2D eigenvalue weighted by atomic mass is 16.1. The first kappa shape index (κ1) is 22.0. The molecule has 1 aromatic carbocycles. The van der Waals surface area contributed by atoms with Crippen molar-refractivity contribution in [1.82, 2.24) is 24.6 Å². The van der Waals surface area contributed by atoms with Crippen LogP contribution in [-0.2, 0) is 11.3 Å². The minimum absolute atomic E-state index is 0.00932. The molecular formula is C26H25N5O2. The fraction of sp³-hybridized carbons (Fsp3) is 0.154. The Balaban J connectivity index is 1.38. The maximum absolute atomic E-state index is 12.3. The van der Waals surface area contributed by atoms with E-state index in [0.717, 1.165) is 35.3 Å². The molecule has 0 atom stereocenters. The number of unbranched alkanes of at least 4 members (excludes halogenated alkanes) is 1. The molecule has 4 rings (SSSR count). The summed E-state index contributed by atoms with van der Waals surface area (Å²) in [6.07, 6.45) is 12.0. The molecule has 7 heteroatoms. The zero-order valence-corrected chi connectivity index (χ0v) is 18.2. The van der Waals surface area contributed by atoms with Crippen molar-refractivity contribution in [3.63, 3.8) is 0 Å². The number of amides is 1. The van der Waals surface area contributed by atoms with Crippen LogP contribution in [0.5, 0.6) is 0 Å². The van der Waals surface area contributed by atoms with Gasteiger partial charge in [0.15, 0.2) is 0 Å². The first-order chi connectivity index (χ1) is 16.2. The van der Waals surface area contributed by atoms with Gasteiger partial charge >= 0.3 is 0 Å². The number of pyridine rings is 2. The van der Waals surface area contributed by atoms with Gasteiger partial charge in [-0.1, -0.05) is 24.3 Å². The molecule has 3 aromatic heterocycles. The molecule has 166 valence electrons. The summed E-state index contributed by atoms with van der Waals surface area (Å²) in [5, 5.41) is 7.62. The van der Waals surface area contributed by atoms with Crippen molar-refractivity contribution in [2.24, 2.45) is 0 Å². The Bertz CT molecular complexity index is 1280. The van der Waals surface area contributed by atoms with Crippen molar-refractivity contribution >= 4 is 12.0 Å². The molecule has 0 aliphatic rings. The van der Waals surface area contributed by atoms with Gasteiger partial charge in [0.1, 0.15) is 5.69 Å². The second kappa shape index (κ2) is 10.9. The molecule has 0 saturated heterocycles. The SMILES string of the molecule is O=C(C=Cc1cn(-c2ccccc2)nc1-c1cccnc1)NCCCCn1ccccc1=O. The van der Waals surface area contributed by atoms with Crippen LogP contribution in [0.1, 0.15) is 18.4 Å². The van der Waals surface area contributed by atoms with Gasteiger partial charge in [0, 0.05) is 61.1 Å². The first-order valence-corrected chi connectivity index (χ1v) is 10.9. The molecule has 1 amide bonds. The second-order valence-corrected chi connectivity index (χ2v) is 7.52. The number of carbonyl (C=O) groups is 1. The molecule has 0 unspecified atom stereocenters. The number of nitrogens with one attached hydrogen (secondary N) is 1. The smallest absolute Gasteiger partial charge is 0.250 e. The monoisotopic (exact) mass is 439 g/mol. The maximum Gasteiger partial charge on any atom is 0.250 e. The molecule has 0 bridgehead atoms. The molecule has 0 radical (unpaired) electrons. The van der Waals surface area contributed by atoms with Gasteiger partial charge in [0.2, 0.25) is 11.5 Å². The molecule has 33 heavy (non-hydrogen) atoms. The van der Waals surface area contributed by atoms with Gasteiger partial charge in [-0.05, 0) is 49.2 Å². The third-order valence-corrected chi connectivity index (χ3v) is 5.14. The molecular weight excluding hydrogens is 414 g/mol. The zero-order chi connectivity index (χ0) is 22.9. The third kappa shape index (κ3) is 5.92. The lowest BCUT2D eigenvalue weighted by Gasteiger charge is -2.05. The van der Waals surface area contributed by atoms with Crippen molar-refractivity contribution in [1.29, 1.82) is 0 Å². The van der Waals surface area contributed by atoms with E-state index in [1.165, 1.54) is 6.08 Å². The first-order valence-electron chi connectivity index (χ1n) is 10.9.